The molecule has 1 aliphatic heterocycles. The van der Waals surface area contributed by atoms with Gasteiger partial charge in [0.25, 0.3) is 0 Å². The third kappa shape index (κ3) is 2.97. The molecule has 0 saturated carbocycles. The van der Waals surface area contributed by atoms with Gasteiger partial charge in [0, 0.05) is 25.9 Å². The van der Waals surface area contributed by atoms with Crippen LogP contribution in [-0.2, 0) is 16.1 Å². The Labute approximate surface area is 101 Å². The summed E-state index contributed by atoms with van der Waals surface area (Å²) in [5.41, 5.74) is 7.45. The zero-order valence-electron chi connectivity index (χ0n) is 10.1. The van der Waals surface area contributed by atoms with Gasteiger partial charge in [-0.05, 0) is 24.1 Å². The first-order chi connectivity index (χ1) is 8.16. The second kappa shape index (κ2) is 5.19. The second-order valence-electron chi connectivity index (χ2n) is 4.50. The third-order valence-corrected chi connectivity index (χ3v) is 3.05. The molecule has 1 unspecified atom stereocenters. The molecule has 92 valence electrons. The van der Waals surface area contributed by atoms with Crippen LogP contribution in [0.4, 0.5) is 5.69 Å². The van der Waals surface area contributed by atoms with E-state index in [1.807, 2.05) is 31.3 Å². The Morgan fingerprint density at radius 1 is 1.47 bits per heavy atom. The summed E-state index contributed by atoms with van der Waals surface area (Å²) in [7, 11) is 1.83. The summed E-state index contributed by atoms with van der Waals surface area (Å²) in [5.74, 6) is 0.202. The predicted molar refractivity (Wildman–Crippen MR) is 66.3 cm³/mol. The summed E-state index contributed by atoms with van der Waals surface area (Å²) in [6.45, 7) is 1.88. The number of nitrogens with zero attached hydrogens (tertiary/aromatic N) is 1. The normalized spacial score (nSPS) is 19.2. The van der Waals surface area contributed by atoms with Crippen LogP contribution in [0.1, 0.15) is 12.0 Å². The standard InChI is InChI=1S/C13H18N2O2/c1-15(13(16)11-6-7-17-9-11)8-10-2-4-12(14)5-3-10/h2-5,11H,6-9,14H2,1H3. The van der Waals surface area contributed by atoms with Gasteiger partial charge in [0.15, 0.2) is 0 Å². The van der Waals surface area contributed by atoms with Gasteiger partial charge in [-0.3, -0.25) is 4.79 Å². The lowest BCUT2D eigenvalue weighted by molar-refractivity contribution is -0.134. The van der Waals surface area contributed by atoms with Crippen LogP contribution in [0.3, 0.4) is 0 Å². The summed E-state index contributed by atoms with van der Waals surface area (Å²) in [6.07, 6.45) is 0.838. The zero-order valence-corrected chi connectivity index (χ0v) is 10.1. The fraction of sp³-hybridized carbons (Fsp3) is 0.462. The number of carbonyl (C=O) groups excluding carboxylic acids is 1. The Morgan fingerprint density at radius 2 is 2.18 bits per heavy atom. The molecule has 4 heteroatoms. The lowest BCUT2D eigenvalue weighted by Gasteiger charge is -2.20. The lowest BCUT2D eigenvalue weighted by Crippen LogP contribution is -2.32. The average molecular weight is 234 g/mol. The molecule has 2 N–H and O–H groups in total. The number of carbonyl (C=O) groups is 1. The fourth-order valence-electron chi connectivity index (χ4n) is 2.02. The summed E-state index contributed by atoms with van der Waals surface area (Å²) in [5, 5.41) is 0. The van der Waals surface area contributed by atoms with Crippen molar-refractivity contribution in [2.75, 3.05) is 26.0 Å². The molecule has 0 aliphatic carbocycles. The van der Waals surface area contributed by atoms with Gasteiger partial charge in [-0.25, -0.2) is 0 Å². The first kappa shape index (κ1) is 11.9. The number of hydrogen-bond donors (Lipinski definition) is 1. The molecule has 2 rings (SSSR count). The van der Waals surface area contributed by atoms with Crippen molar-refractivity contribution in [2.45, 2.75) is 13.0 Å². The van der Waals surface area contributed by atoms with Crippen molar-refractivity contribution in [1.29, 1.82) is 0 Å². The molecular weight excluding hydrogens is 216 g/mol. The van der Waals surface area contributed by atoms with E-state index < -0.39 is 0 Å². The molecule has 1 fully saturated rings. The molecule has 0 bridgehead atoms. The molecule has 4 nitrogen and oxygen atoms in total. The Hall–Kier alpha value is -1.55. The van der Waals surface area contributed by atoms with E-state index in [1.54, 1.807) is 4.90 Å². The molecule has 0 spiro atoms. The molecule has 1 heterocycles. The Bertz CT molecular complexity index is 383. The van der Waals surface area contributed by atoms with Crippen molar-refractivity contribution in [2.24, 2.45) is 5.92 Å². The van der Waals surface area contributed by atoms with Crippen molar-refractivity contribution < 1.29 is 9.53 Å². The monoisotopic (exact) mass is 234 g/mol. The van der Waals surface area contributed by atoms with Gasteiger partial charge in [0.1, 0.15) is 0 Å². The minimum Gasteiger partial charge on any atom is -0.399 e. The van der Waals surface area contributed by atoms with Gasteiger partial charge in [-0.1, -0.05) is 12.1 Å². The number of amides is 1. The van der Waals surface area contributed by atoms with Crippen molar-refractivity contribution in [3.63, 3.8) is 0 Å². The first-order valence-corrected chi connectivity index (χ1v) is 5.84. The average Bonchev–Trinajstić information content (AvgIpc) is 2.84. The van der Waals surface area contributed by atoms with Gasteiger partial charge < -0.3 is 15.4 Å². The molecule has 17 heavy (non-hydrogen) atoms. The summed E-state index contributed by atoms with van der Waals surface area (Å²) in [4.78, 5) is 13.8. The lowest BCUT2D eigenvalue weighted by atomic mass is 10.1. The Kier molecular flexibility index (Phi) is 3.64. The van der Waals surface area contributed by atoms with Crippen LogP contribution >= 0.6 is 0 Å². The van der Waals surface area contributed by atoms with Gasteiger partial charge in [-0.2, -0.15) is 0 Å². The van der Waals surface area contributed by atoms with E-state index in [1.165, 1.54) is 0 Å². The molecule has 0 radical (unpaired) electrons. The van der Waals surface area contributed by atoms with E-state index in [4.69, 9.17) is 10.5 Å². The Morgan fingerprint density at radius 3 is 2.76 bits per heavy atom. The SMILES string of the molecule is CN(Cc1ccc(N)cc1)C(=O)C1CCOC1. The number of nitrogens with two attached hydrogens (primary N) is 1. The highest BCUT2D eigenvalue weighted by atomic mass is 16.5. The quantitative estimate of drug-likeness (QED) is 0.801. The highest BCUT2D eigenvalue weighted by Crippen LogP contribution is 2.16. The Balaban J connectivity index is 1.93. The zero-order chi connectivity index (χ0) is 12.3. The number of hydrogen-bond acceptors (Lipinski definition) is 3. The molecule has 1 atom stereocenters. The van der Waals surface area contributed by atoms with Crippen molar-refractivity contribution in [3.8, 4) is 0 Å². The minimum absolute atomic E-state index is 0.0359. The fourth-order valence-corrected chi connectivity index (χ4v) is 2.02. The highest BCUT2D eigenvalue weighted by molar-refractivity contribution is 5.78. The maximum absolute atomic E-state index is 12.0. The first-order valence-electron chi connectivity index (χ1n) is 5.84. The van der Waals surface area contributed by atoms with Crippen molar-refractivity contribution >= 4 is 11.6 Å². The van der Waals surface area contributed by atoms with Gasteiger partial charge in [0.05, 0.1) is 12.5 Å². The van der Waals surface area contributed by atoms with Gasteiger partial charge in [-0.15, -0.1) is 0 Å². The number of nitrogen functional groups attached to an aromatic ring is 1. The minimum atomic E-state index is 0.0359. The molecule has 1 saturated heterocycles. The second-order valence-corrected chi connectivity index (χ2v) is 4.50. The van der Waals surface area contributed by atoms with Crippen LogP contribution in [0.2, 0.25) is 0 Å². The maximum atomic E-state index is 12.0. The van der Waals surface area contributed by atoms with Crippen molar-refractivity contribution in [3.05, 3.63) is 29.8 Å². The summed E-state index contributed by atoms with van der Waals surface area (Å²) in [6, 6.07) is 7.60. The molecule has 0 aromatic heterocycles. The van der Waals surface area contributed by atoms with E-state index in [0.717, 1.165) is 17.7 Å². The van der Waals surface area contributed by atoms with Gasteiger partial charge >= 0.3 is 0 Å². The van der Waals surface area contributed by atoms with E-state index in [0.29, 0.717) is 19.8 Å². The van der Waals surface area contributed by atoms with E-state index in [9.17, 15) is 4.79 Å². The molecule has 1 aromatic rings. The van der Waals surface area contributed by atoms with E-state index >= 15 is 0 Å². The van der Waals surface area contributed by atoms with Crippen LogP contribution in [0.5, 0.6) is 0 Å². The number of ether oxygens (including phenoxy) is 1. The number of rotatable bonds is 3. The van der Waals surface area contributed by atoms with E-state index in [-0.39, 0.29) is 11.8 Å². The summed E-state index contributed by atoms with van der Waals surface area (Å²) >= 11 is 0. The summed E-state index contributed by atoms with van der Waals surface area (Å²) < 4.78 is 5.23. The largest absolute Gasteiger partial charge is 0.399 e. The van der Waals surface area contributed by atoms with Gasteiger partial charge in [0.2, 0.25) is 5.91 Å². The van der Waals surface area contributed by atoms with Crippen LogP contribution in [-0.4, -0.2) is 31.1 Å². The topological polar surface area (TPSA) is 55.6 Å². The molecule has 1 aromatic carbocycles. The smallest absolute Gasteiger partial charge is 0.228 e. The predicted octanol–water partition coefficient (Wildman–Crippen LogP) is 1.26. The maximum Gasteiger partial charge on any atom is 0.228 e. The molecule has 1 aliphatic rings. The number of benzene rings is 1. The van der Waals surface area contributed by atoms with E-state index in [2.05, 4.69) is 0 Å². The number of anilines is 1. The van der Waals surface area contributed by atoms with Crippen LogP contribution in [0.15, 0.2) is 24.3 Å². The van der Waals surface area contributed by atoms with Crippen molar-refractivity contribution in [1.82, 2.24) is 4.90 Å². The third-order valence-electron chi connectivity index (χ3n) is 3.05. The van der Waals surface area contributed by atoms with Crippen LogP contribution < -0.4 is 5.73 Å². The van der Waals surface area contributed by atoms with Crippen LogP contribution in [0.25, 0.3) is 0 Å². The highest BCUT2D eigenvalue weighted by Gasteiger charge is 2.26. The van der Waals surface area contributed by atoms with Crippen LogP contribution in [0, 0.1) is 5.92 Å². The molecular formula is C13H18N2O2. The molecule has 1 amide bonds.